The second-order valence-electron chi connectivity index (χ2n) is 4.68. The fourth-order valence-electron chi connectivity index (χ4n) is 2.32. The summed E-state index contributed by atoms with van der Waals surface area (Å²) < 4.78 is 1.00. The molecule has 14 heavy (non-hydrogen) atoms. The lowest BCUT2D eigenvalue weighted by Gasteiger charge is -2.45. The zero-order valence-electron chi connectivity index (χ0n) is 9.40. The lowest BCUT2D eigenvalue weighted by atomic mass is 9.90. The highest BCUT2D eigenvalue weighted by molar-refractivity contribution is 5.86. The maximum atomic E-state index is 8.84. The minimum atomic E-state index is 0.376. The summed E-state index contributed by atoms with van der Waals surface area (Å²) in [5.41, 5.74) is 0.942. The molecule has 0 amide bonds. The Hall–Kier alpha value is -0.830. The van der Waals surface area contributed by atoms with Crippen LogP contribution in [-0.2, 0) is 0 Å². The summed E-state index contributed by atoms with van der Waals surface area (Å²) in [4.78, 5) is 0. The van der Waals surface area contributed by atoms with Crippen LogP contribution in [0.2, 0.25) is 0 Å². The van der Waals surface area contributed by atoms with Gasteiger partial charge in [0.1, 0.15) is 0 Å². The van der Waals surface area contributed by atoms with E-state index in [9.17, 15) is 0 Å². The Morgan fingerprint density at radius 3 is 2.79 bits per heavy atom. The first kappa shape index (κ1) is 11.2. The van der Waals surface area contributed by atoms with Crippen molar-refractivity contribution in [1.29, 1.82) is 0 Å². The molecule has 1 N–H and O–H groups in total. The summed E-state index contributed by atoms with van der Waals surface area (Å²) in [6.07, 6.45) is 2.87. The van der Waals surface area contributed by atoms with Crippen molar-refractivity contribution in [3.8, 4) is 0 Å². The highest BCUT2D eigenvalue weighted by atomic mass is 16.4. The van der Waals surface area contributed by atoms with E-state index >= 15 is 0 Å². The molecule has 1 heterocycles. The first-order chi connectivity index (χ1) is 6.53. The molecule has 0 bridgehead atoms. The Balaban J connectivity index is 2.80. The van der Waals surface area contributed by atoms with Crippen LogP contribution in [0.4, 0.5) is 0 Å². The van der Waals surface area contributed by atoms with E-state index in [0.717, 1.165) is 29.7 Å². The van der Waals surface area contributed by atoms with Crippen LogP contribution in [-0.4, -0.2) is 41.6 Å². The van der Waals surface area contributed by atoms with Crippen molar-refractivity contribution in [2.24, 2.45) is 11.1 Å². The van der Waals surface area contributed by atoms with Crippen molar-refractivity contribution in [2.75, 3.05) is 20.1 Å². The molecule has 3 nitrogen and oxygen atoms in total. The fraction of sp³-hybridized carbons (Fsp3) is 0.727. The monoisotopic (exact) mass is 197 g/mol. The molecule has 1 aliphatic rings. The Kier molecular flexibility index (Phi) is 3.32. The number of hydrogen-bond donors (Lipinski definition) is 1. The van der Waals surface area contributed by atoms with E-state index in [1.165, 1.54) is 0 Å². The maximum Gasteiger partial charge on any atom is 0.0971 e. The SMILES string of the molecule is C=CC[N+]1(C)CC(C)C(=NO)CC1C. The number of likely N-dealkylation sites (N-methyl/N-ethyl adjacent to an activating group) is 1. The third-order valence-corrected chi connectivity index (χ3v) is 3.50. The lowest BCUT2D eigenvalue weighted by Crippen LogP contribution is -2.58. The second kappa shape index (κ2) is 4.13. The number of piperidine rings is 1. The summed E-state index contributed by atoms with van der Waals surface area (Å²) in [7, 11) is 2.25. The van der Waals surface area contributed by atoms with Gasteiger partial charge in [0.25, 0.3) is 0 Å². The minimum Gasteiger partial charge on any atom is -0.411 e. The number of oxime groups is 1. The molecular formula is C11H21N2O+. The average Bonchev–Trinajstić information content (AvgIpc) is 2.11. The molecule has 1 rings (SSSR count). The standard InChI is InChI=1S/C11H20N2O/c1-5-6-13(4)8-9(2)11(12-14)7-10(13)3/h5,9-10H,1,6-8H2,2-4H3/p+1. The molecule has 0 spiro atoms. The molecule has 0 aliphatic carbocycles. The van der Waals surface area contributed by atoms with E-state index in [-0.39, 0.29) is 0 Å². The van der Waals surface area contributed by atoms with Gasteiger partial charge in [-0.15, -0.1) is 0 Å². The van der Waals surface area contributed by atoms with Gasteiger partial charge >= 0.3 is 0 Å². The van der Waals surface area contributed by atoms with Crippen LogP contribution in [0.25, 0.3) is 0 Å². The molecule has 0 aromatic carbocycles. The van der Waals surface area contributed by atoms with Gasteiger partial charge in [-0.25, -0.2) is 0 Å². The summed E-state index contributed by atoms with van der Waals surface area (Å²) in [5, 5.41) is 12.2. The predicted octanol–water partition coefficient (Wildman–Crippen LogP) is 1.88. The number of rotatable bonds is 2. The quantitative estimate of drug-likeness (QED) is 0.312. The number of quaternary nitrogens is 1. The summed E-state index contributed by atoms with van der Waals surface area (Å²) in [5.74, 6) is 0.376. The van der Waals surface area contributed by atoms with Gasteiger partial charge in [-0.05, 0) is 13.0 Å². The molecule has 0 aromatic rings. The van der Waals surface area contributed by atoms with Gasteiger partial charge in [0.2, 0.25) is 0 Å². The van der Waals surface area contributed by atoms with E-state index < -0.39 is 0 Å². The van der Waals surface area contributed by atoms with E-state index in [2.05, 4.69) is 32.6 Å². The van der Waals surface area contributed by atoms with E-state index in [0.29, 0.717) is 12.0 Å². The Morgan fingerprint density at radius 1 is 1.64 bits per heavy atom. The number of nitrogens with zero attached hydrogens (tertiary/aromatic N) is 2. The largest absolute Gasteiger partial charge is 0.411 e. The number of hydrogen-bond acceptors (Lipinski definition) is 2. The zero-order chi connectivity index (χ0) is 10.8. The van der Waals surface area contributed by atoms with Gasteiger partial charge in [-0.1, -0.05) is 18.7 Å². The Bertz CT molecular complexity index is 250. The molecule has 80 valence electrons. The van der Waals surface area contributed by atoms with Crippen molar-refractivity contribution in [3.63, 3.8) is 0 Å². The topological polar surface area (TPSA) is 32.6 Å². The van der Waals surface area contributed by atoms with Gasteiger partial charge in [-0.2, -0.15) is 0 Å². The van der Waals surface area contributed by atoms with Crippen molar-refractivity contribution < 1.29 is 9.69 Å². The normalized spacial score (nSPS) is 41.2. The summed E-state index contributed by atoms with van der Waals surface area (Å²) in [6.45, 7) is 10.2. The molecular weight excluding hydrogens is 176 g/mol. The molecule has 1 saturated heterocycles. The van der Waals surface area contributed by atoms with E-state index in [1.807, 2.05) is 6.08 Å². The van der Waals surface area contributed by atoms with Crippen molar-refractivity contribution in [1.82, 2.24) is 0 Å². The molecule has 1 fully saturated rings. The first-order valence-electron chi connectivity index (χ1n) is 5.19. The van der Waals surface area contributed by atoms with E-state index in [1.54, 1.807) is 0 Å². The van der Waals surface area contributed by atoms with Crippen LogP contribution in [0.3, 0.4) is 0 Å². The minimum absolute atomic E-state index is 0.376. The zero-order valence-corrected chi connectivity index (χ0v) is 9.40. The highest BCUT2D eigenvalue weighted by Crippen LogP contribution is 2.25. The smallest absolute Gasteiger partial charge is 0.0971 e. The second-order valence-corrected chi connectivity index (χ2v) is 4.68. The van der Waals surface area contributed by atoms with Gasteiger partial charge < -0.3 is 9.69 Å². The molecule has 0 aromatic heterocycles. The summed E-state index contributed by atoms with van der Waals surface area (Å²) in [6, 6.07) is 0.509. The van der Waals surface area contributed by atoms with Crippen molar-refractivity contribution in [2.45, 2.75) is 26.3 Å². The van der Waals surface area contributed by atoms with Gasteiger partial charge in [0.15, 0.2) is 0 Å². The average molecular weight is 197 g/mol. The molecule has 3 atom stereocenters. The van der Waals surface area contributed by atoms with Crippen molar-refractivity contribution in [3.05, 3.63) is 12.7 Å². The third-order valence-electron chi connectivity index (χ3n) is 3.50. The van der Waals surface area contributed by atoms with Crippen LogP contribution in [0.1, 0.15) is 20.3 Å². The molecule has 1 aliphatic heterocycles. The molecule has 0 radical (unpaired) electrons. The van der Waals surface area contributed by atoms with Crippen LogP contribution < -0.4 is 0 Å². The van der Waals surface area contributed by atoms with Gasteiger partial charge in [-0.3, -0.25) is 0 Å². The van der Waals surface area contributed by atoms with Crippen LogP contribution in [0, 0.1) is 5.92 Å². The lowest BCUT2D eigenvalue weighted by molar-refractivity contribution is -0.930. The molecule has 0 saturated carbocycles. The Morgan fingerprint density at radius 2 is 2.29 bits per heavy atom. The maximum absolute atomic E-state index is 8.84. The first-order valence-corrected chi connectivity index (χ1v) is 5.19. The van der Waals surface area contributed by atoms with E-state index in [4.69, 9.17) is 5.21 Å². The highest BCUT2D eigenvalue weighted by Gasteiger charge is 2.38. The van der Waals surface area contributed by atoms with Crippen molar-refractivity contribution >= 4 is 5.71 Å². The molecule has 3 unspecified atom stereocenters. The molecule has 3 heteroatoms. The van der Waals surface area contributed by atoms with Crippen LogP contribution in [0.15, 0.2) is 17.8 Å². The van der Waals surface area contributed by atoms with Crippen LogP contribution >= 0.6 is 0 Å². The fourth-order valence-corrected chi connectivity index (χ4v) is 2.32. The van der Waals surface area contributed by atoms with Gasteiger partial charge in [0.05, 0.1) is 31.9 Å². The Labute approximate surface area is 86.3 Å². The van der Waals surface area contributed by atoms with Crippen LogP contribution in [0.5, 0.6) is 0 Å². The number of likely N-dealkylation sites (tertiary alicyclic amines) is 1. The predicted molar refractivity (Wildman–Crippen MR) is 58.6 cm³/mol. The third kappa shape index (κ3) is 1.98. The summed E-state index contributed by atoms with van der Waals surface area (Å²) >= 11 is 0. The van der Waals surface area contributed by atoms with Gasteiger partial charge in [0, 0.05) is 12.3 Å².